The molecule has 0 amide bonds. The van der Waals surface area contributed by atoms with Crippen LogP contribution in [0.15, 0.2) is 40.9 Å². The molecule has 0 spiro atoms. The van der Waals surface area contributed by atoms with Crippen molar-refractivity contribution in [3.63, 3.8) is 0 Å². The van der Waals surface area contributed by atoms with Crippen LogP contribution < -0.4 is 4.46 Å². The fourth-order valence-corrected chi connectivity index (χ4v) is 4.15. The second-order valence-electron chi connectivity index (χ2n) is 3.89. The van der Waals surface area contributed by atoms with Crippen LogP contribution in [0.25, 0.3) is 0 Å². The first-order valence-corrected chi connectivity index (χ1v) is 6.99. The van der Waals surface area contributed by atoms with Gasteiger partial charge in [0.05, 0.1) is 0 Å². The number of hydrogen-bond donors (Lipinski definition) is 1. The number of hydrogen-bond acceptors (Lipinski definition) is 2. The van der Waals surface area contributed by atoms with Crippen molar-refractivity contribution in [3.8, 4) is 6.07 Å². The predicted molar refractivity (Wildman–Crippen MR) is 64.3 cm³/mol. The van der Waals surface area contributed by atoms with Gasteiger partial charge in [0.25, 0.3) is 0 Å². The summed E-state index contributed by atoms with van der Waals surface area (Å²) in [6.45, 7) is 0. The van der Waals surface area contributed by atoms with Gasteiger partial charge in [0.1, 0.15) is 0 Å². The Kier molecular flexibility index (Phi) is 3.45. The van der Waals surface area contributed by atoms with Crippen molar-refractivity contribution in [2.45, 2.75) is 24.9 Å². The average Bonchev–Trinajstić information content (AvgIpc) is 2.62. The summed E-state index contributed by atoms with van der Waals surface area (Å²) >= 11 is 0.142. The molecule has 2 rings (SSSR count). The number of rotatable bonds is 3. The van der Waals surface area contributed by atoms with Gasteiger partial charge in [-0.3, -0.25) is 0 Å². The number of nitriles is 1. The van der Waals surface area contributed by atoms with Crippen LogP contribution in [0.3, 0.4) is 0 Å². The van der Waals surface area contributed by atoms with Crippen LogP contribution in [0.4, 0.5) is 0 Å². The normalized spacial score (nSPS) is 23.9. The molecule has 16 heavy (non-hydrogen) atoms. The van der Waals surface area contributed by atoms with Crippen molar-refractivity contribution in [1.82, 2.24) is 0 Å². The van der Waals surface area contributed by atoms with Crippen molar-refractivity contribution in [3.05, 3.63) is 40.9 Å². The Bertz CT molecular complexity index is 435. The Balaban J connectivity index is 2.14. The molecular weight excluding hydrogens is 265 g/mol. The molecule has 1 aromatic carbocycles. The number of allylic oxidation sites excluding steroid dienone is 1. The first-order valence-electron chi connectivity index (χ1n) is 5.27. The first kappa shape index (κ1) is 11.4. The van der Waals surface area contributed by atoms with E-state index >= 15 is 0 Å². The zero-order chi connectivity index (χ0) is 11.4. The van der Waals surface area contributed by atoms with E-state index in [-0.39, 0.29) is 21.4 Å². The topological polar surface area (TPSA) is 44.0 Å². The second-order valence-corrected chi connectivity index (χ2v) is 6.23. The second kappa shape index (κ2) is 4.84. The third kappa shape index (κ3) is 2.36. The molecule has 0 saturated carbocycles. The van der Waals surface area contributed by atoms with Gasteiger partial charge in [-0.25, -0.2) is 0 Å². The molecule has 1 aromatic rings. The van der Waals surface area contributed by atoms with Crippen LogP contribution in [-0.2, 0) is 0 Å². The van der Waals surface area contributed by atoms with Gasteiger partial charge in [0, 0.05) is 0 Å². The molecule has 0 bridgehead atoms. The van der Waals surface area contributed by atoms with E-state index in [1.165, 1.54) is 4.46 Å². The van der Waals surface area contributed by atoms with E-state index in [9.17, 15) is 5.11 Å². The molecule has 0 radical (unpaired) electrons. The Morgan fingerprint density at radius 3 is 2.81 bits per heavy atom. The Morgan fingerprint density at radius 2 is 2.12 bits per heavy atom. The maximum atomic E-state index is 10.3. The molecule has 82 valence electrons. The van der Waals surface area contributed by atoms with Gasteiger partial charge in [0.15, 0.2) is 0 Å². The maximum absolute atomic E-state index is 10.3. The number of nitrogens with zero attached hydrogens (tertiary/aromatic N) is 1. The molecule has 0 heterocycles. The van der Waals surface area contributed by atoms with Crippen LogP contribution in [0.1, 0.15) is 19.3 Å². The average molecular weight is 278 g/mol. The van der Waals surface area contributed by atoms with Crippen molar-refractivity contribution in [2.24, 2.45) is 0 Å². The molecule has 0 aliphatic heterocycles. The van der Waals surface area contributed by atoms with Gasteiger partial charge < -0.3 is 0 Å². The summed E-state index contributed by atoms with van der Waals surface area (Å²) < 4.78 is 2.31. The standard InChI is InChI=1S/C13H13NOSe/c14-10-9-13(15)8-4-7-12(13)16-11-5-2-1-3-6-11/h1-3,5-7,15H,4,8-9H2. The number of benzene rings is 1. The summed E-state index contributed by atoms with van der Waals surface area (Å²) in [4.78, 5) is 0. The molecule has 0 fully saturated rings. The Labute approximate surface area is 102 Å². The zero-order valence-electron chi connectivity index (χ0n) is 8.89. The number of aliphatic hydroxyl groups is 1. The van der Waals surface area contributed by atoms with Crippen molar-refractivity contribution in [1.29, 1.82) is 5.26 Å². The summed E-state index contributed by atoms with van der Waals surface area (Å²) in [6.07, 6.45) is 3.91. The van der Waals surface area contributed by atoms with Crippen LogP contribution in [0, 0.1) is 11.3 Å². The SMILES string of the molecule is N#CCC1(O)CCC=C1[Se]c1ccccc1. The summed E-state index contributed by atoms with van der Waals surface area (Å²) in [6, 6.07) is 12.2. The third-order valence-electron chi connectivity index (χ3n) is 2.69. The zero-order valence-corrected chi connectivity index (χ0v) is 10.6. The monoisotopic (exact) mass is 279 g/mol. The Hall–Kier alpha value is -1.07. The fourth-order valence-electron chi connectivity index (χ4n) is 1.81. The van der Waals surface area contributed by atoms with Crippen LogP contribution in [0.5, 0.6) is 0 Å². The van der Waals surface area contributed by atoms with E-state index < -0.39 is 5.60 Å². The van der Waals surface area contributed by atoms with Gasteiger partial charge in [0.2, 0.25) is 0 Å². The van der Waals surface area contributed by atoms with Crippen molar-refractivity contribution in [2.75, 3.05) is 0 Å². The minimum atomic E-state index is -0.857. The molecule has 3 heteroatoms. The van der Waals surface area contributed by atoms with Crippen molar-refractivity contribution >= 4 is 19.4 Å². The molecular formula is C13H13NOSe. The summed E-state index contributed by atoms with van der Waals surface area (Å²) in [7, 11) is 0. The van der Waals surface area contributed by atoms with Crippen LogP contribution >= 0.6 is 0 Å². The van der Waals surface area contributed by atoms with Gasteiger partial charge in [-0.05, 0) is 0 Å². The summed E-state index contributed by atoms with van der Waals surface area (Å²) in [5.74, 6) is 0. The molecule has 1 aliphatic rings. The quantitative estimate of drug-likeness (QED) is 0.848. The predicted octanol–water partition coefficient (Wildman–Crippen LogP) is 1.34. The third-order valence-corrected chi connectivity index (χ3v) is 5.36. The molecule has 2 nitrogen and oxygen atoms in total. The van der Waals surface area contributed by atoms with Crippen molar-refractivity contribution < 1.29 is 5.11 Å². The molecule has 1 atom stereocenters. The van der Waals surface area contributed by atoms with Crippen LogP contribution in [-0.4, -0.2) is 25.7 Å². The van der Waals surface area contributed by atoms with E-state index in [4.69, 9.17) is 5.26 Å². The van der Waals surface area contributed by atoms with Gasteiger partial charge in [-0.1, -0.05) is 0 Å². The minimum absolute atomic E-state index is 0.142. The molecule has 0 saturated heterocycles. The molecule has 1 unspecified atom stereocenters. The van der Waals surface area contributed by atoms with E-state index in [2.05, 4.69) is 24.3 Å². The fraction of sp³-hybridized carbons (Fsp3) is 0.308. The summed E-state index contributed by atoms with van der Waals surface area (Å²) in [5, 5.41) is 19.1. The summed E-state index contributed by atoms with van der Waals surface area (Å²) in [5.41, 5.74) is -0.857. The van der Waals surface area contributed by atoms with Crippen LogP contribution in [0.2, 0.25) is 0 Å². The van der Waals surface area contributed by atoms with Gasteiger partial charge in [-0.2, -0.15) is 0 Å². The first-order chi connectivity index (χ1) is 7.74. The van der Waals surface area contributed by atoms with Gasteiger partial charge in [-0.15, -0.1) is 0 Å². The molecule has 1 aliphatic carbocycles. The Morgan fingerprint density at radius 1 is 1.38 bits per heavy atom. The molecule has 0 aromatic heterocycles. The molecule has 1 N–H and O–H groups in total. The van der Waals surface area contributed by atoms with E-state index in [1.54, 1.807) is 0 Å². The van der Waals surface area contributed by atoms with E-state index in [1.807, 2.05) is 18.2 Å². The van der Waals surface area contributed by atoms with E-state index in [0.717, 1.165) is 10.9 Å². The van der Waals surface area contributed by atoms with Gasteiger partial charge >= 0.3 is 102 Å². The van der Waals surface area contributed by atoms with E-state index in [0.29, 0.717) is 6.42 Å².